The highest BCUT2D eigenvalue weighted by Gasteiger charge is 2.13. The largest absolute Gasteiger partial charge is 0.337 e. The molecule has 4 heteroatoms. The van der Waals surface area contributed by atoms with Crippen molar-refractivity contribution in [3.8, 4) is 0 Å². The minimum Gasteiger partial charge on any atom is -0.337 e. The molecule has 0 aromatic rings. The van der Waals surface area contributed by atoms with Gasteiger partial charge < -0.3 is 5.32 Å². The monoisotopic (exact) mass is 298 g/mol. The lowest BCUT2D eigenvalue weighted by molar-refractivity contribution is 0.233. The van der Waals surface area contributed by atoms with E-state index in [2.05, 4.69) is 12.2 Å². The third kappa shape index (κ3) is 8.51. The van der Waals surface area contributed by atoms with Crippen LogP contribution in [-0.2, 0) is 0 Å². The van der Waals surface area contributed by atoms with Gasteiger partial charge in [-0.15, -0.1) is 0 Å². The normalized spacial score (nSPS) is 13.9. The van der Waals surface area contributed by atoms with Crippen molar-refractivity contribution in [2.24, 2.45) is 0 Å². The first-order valence-corrected chi connectivity index (χ1v) is 9.15. The standard InChI is InChI=1S/C16H30N2OS/c1-2-3-4-5-6-7-8-9-10-11-13-17-16(19)18-14-12-15-20-18/h12,14H,2-11,13,15H2,1H3,(H,17,19). The number of hydrogen-bond acceptors (Lipinski definition) is 2. The maximum absolute atomic E-state index is 11.6. The summed E-state index contributed by atoms with van der Waals surface area (Å²) in [6, 6.07) is 0.0275. The molecule has 0 radical (unpaired) electrons. The van der Waals surface area contributed by atoms with Gasteiger partial charge in [-0.1, -0.05) is 70.8 Å². The second-order valence-electron chi connectivity index (χ2n) is 5.42. The summed E-state index contributed by atoms with van der Waals surface area (Å²) in [5, 5.41) is 2.96. The molecule has 116 valence electrons. The van der Waals surface area contributed by atoms with Gasteiger partial charge in [0.15, 0.2) is 0 Å². The Morgan fingerprint density at radius 2 is 1.65 bits per heavy atom. The third-order valence-corrected chi connectivity index (χ3v) is 4.46. The van der Waals surface area contributed by atoms with Crippen LogP contribution in [0.5, 0.6) is 0 Å². The van der Waals surface area contributed by atoms with Crippen LogP contribution in [0.4, 0.5) is 4.79 Å². The van der Waals surface area contributed by atoms with Crippen molar-refractivity contribution in [2.45, 2.75) is 71.1 Å². The first kappa shape index (κ1) is 17.4. The third-order valence-electron chi connectivity index (χ3n) is 3.56. The fourth-order valence-corrected chi connectivity index (χ4v) is 3.00. The highest BCUT2D eigenvalue weighted by atomic mass is 32.2. The summed E-state index contributed by atoms with van der Waals surface area (Å²) < 4.78 is 1.68. The maximum atomic E-state index is 11.6. The highest BCUT2D eigenvalue weighted by Crippen LogP contribution is 2.17. The lowest BCUT2D eigenvalue weighted by atomic mass is 10.1. The molecule has 0 saturated heterocycles. The van der Waals surface area contributed by atoms with Crippen LogP contribution < -0.4 is 5.32 Å². The van der Waals surface area contributed by atoms with Crippen molar-refractivity contribution in [3.05, 3.63) is 12.3 Å². The Morgan fingerprint density at radius 1 is 1.05 bits per heavy atom. The van der Waals surface area contributed by atoms with Crippen molar-refractivity contribution < 1.29 is 4.79 Å². The van der Waals surface area contributed by atoms with E-state index in [0.29, 0.717) is 0 Å². The number of carbonyl (C=O) groups is 1. The molecular weight excluding hydrogens is 268 g/mol. The SMILES string of the molecule is CCCCCCCCCCCCNC(=O)N1C=CCS1. The molecule has 1 rings (SSSR count). The summed E-state index contributed by atoms with van der Waals surface area (Å²) in [5.74, 6) is 0.908. The predicted molar refractivity (Wildman–Crippen MR) is 88.7 cm³/mol. The van der Waals surface area contributed by atoms with Gasteiger partial charge >= 0.3 is 6.03 Å². The van der Waals surface area contributed by atoms with Gasteiger partial charge in [0.25, 0.3) is 0 Å². The molecule has 0 spiro atoms. The molecule has 0 aliphatic carbocycles. The molecule has 0 saturated carbocycles. The summed E-state index contributed by atoms with van der Waals surface area (Å²) in [6.07, 6.45) is 17.2. The lowest BCUT2D eigenvalue weighted by Crippen LogP contribution is -2.32. The minimum absolute atomic E-state index is 0.0275. The number of amides is 2. The zero-order chi connectivity index (χ0) is 14.5. The van der Waals surface area contributed by atoms with Crippen LogP contribution in [0, 0.1) is 0 Å². The first-order chi connectivity index (χ1) is 9.84. The van der Waals surface area contributed by atoms with Crippen LogP contribution in [0.25, 0.3) is 0 Å². The zero-order valence-corrected chi connectivity index (χ0v) is 13.7. The molecule has 1 heterocycles. The summed E-state index contributed by atoms with van der Waals surface area (Å²) in [6.45, 7) is 3.07. The summed E-state index contributed by atoms with van der Waals surface area (Å²) >= 11 is 1.54. The Hall–Kier alpha value is -0.640. The van der Waals surface area contributed by atoms with Gasteiger partial charge in [-0.3, -0.25) is 0 Å². The molecule has 1 aliphatic heterocycles. The Bertz CT molecular complexity index is 282. The van der Waals surface area contributed by atoms with Gasteiger partial charge in [-0.2, -0.15) is 0 Å². The van der Waals surface area contributed by atoms with E-state index in [1.54, 1.807) is 16.3 Å². The molecule has 0 atom stereocenters. The number of hydrogen-bond donors (Lipinski definition) is 1. The van der Waals surface area contributed by atoms with Crippen molar-refractivity contribution >= 4 is 18.0 Å². The smallest absolute Gasteiger partial charge is 0.331 e. The van der Waals surface area contributed by atoms with E-state index in [-0.39, 0.29) is 6.03 Å². The van der Waals surface area contributed by atoms with Gasteiger partial charge in [0, 0.05) is 18.5 Å². The molecular formula is C16H30N2OS. The fraction of sp³-hybridized carbons (Fsp3) is 0.812. The van der Waals surface area contributed by atoms with Crippen molar-refractivity contribution in [2.75, 3.05) is 12.3 Å². The van der Waals surface area contributed by atoms with Crippen LogP contribution in [0.15, 0.2) is 12.3 Å². The van der Waals surface area contributed by atoms with Gasteiger partial charge in [0.1, 0.15) is 0 Å². The molecule has 0 bridgehead atoms. The molecule has 1 N–H and O–H groups in total. The second-order valence-corrected chi connectivity index (χ2v) is 6.41. The number of carbonyl (C=O) groups excluding carboxylic acids is 1. The van der Waals surface area contributed by atoms with Gasteiger partial charge in [0.2, 0.25) is 0 Å². The average Bonchev–Trinajstić information content (AvgIpc) is 2.99. The Morgan fingerprint density at radius 3 is 2.20 bits per heavy atom. The van der Waals surface area contributed by atoms with Crippen molar-refractivity contribution in [1.82, 2.24) is 9.62 Å². The second kappa shape index (κ2) is 12.1. The van der Waals surface area contributed by atoms with E-state index in [0.717, 1.165) is 18.7 Å². The molecule has 0 aromatic carbocycles. The van der Waals surface area contributed by atoms with Crippen LogP contribution in [0.2, 0.25) is 0 Å². The predicted octanol–water partition coefficient (Wildman–Crippen LogP) is 5.09. The van der Waals surface area contributed by atoms with E-state index < -0.39 is 0 Å². The molecule has 2 amide bonds. The minimum atomic E-state index is 0.0275. The summed E-state index contributed by atoms with van der Waals surface area (Å²) in [4.78, 5) is 11.6. The van der Waals surface area contributed by atoms with Gasteiger partial charge in [0.05, 0.1) is 0 Å². The van der Waals surface area contributed by atoms with Crippen LogP contribution in [-0.4, -0.2) is 22.6 Å². The van der Waals surface area contributed by atoms with Crippen LogP contribution in [0.3, 0.4) is 0 Å². The van der Waals surface area contributed by atoms with Crippen LogP contribution in [0.1, 0.15) is 71.1 Å². The van der Waals surface area contributed by atoms with Crippen molar-refractivity contribution in [3.63, 3.8) is 0 Å². The van der Waals surface area contributed by atoms with E-state index in [9.17, 15) is 4.79 Å². The molecule has 3 nitrogen and oxygen atoms in total. The number of urea groups is 1. The molecule has 0 fully saturated rings. The molecule has 20 heavy (non-hydrogen) atoms. The number of nitrogens with one attached hydrogen (secondary N) is 1. The topological polar surface area (TPSA) is 32.3 Å². The van der Waals surface area contributed by atoms with Crippen molar-refractivity contribution in [1.29, 1.82) is 0 Å². The van der Waals surface area contributed by atoms with E-state index >= 15 is 0 Å². The van der Waals surface area contributed by atoms with E-state index in [4.69, 9.17) is 0 Å². The first-order valence-electron chi connectivity index (χ1n) is 8.21. The van der Waals surface area contributed by atoms with Gasteiger partial charge in [-0.05, 0) is 18.4 Å². The summed E-state index contributed by atoms with van der Waals surface area (Å²) in [7, 11) is 0. The fourth-order valence-electron chi connectivity index (χ4n) is 2.32. The van der Waals surface area contributed by atoms with E-state index in [1.165, 1.54) is 57.8 Å². The lowest BCUT2D eigenvalue weighted by Gasteiger charge is -2.12. The number of unbranched alkanes of at least 4 members (excludes halogenated alkanes) is 9. The Labute approximate surface area is 128 Å². The van der Waals surface area contributed by atoms with E-state index in [1.807, 2.05) is 12.3 Å². The average molecular weight is 298 g/mol. The number of nitrogens with zero attached hydrogens (tertiary/aromatic N) is 1. The Kier molecular flexibility index (Phi) is 10.6. The Balaban J connectivity index is 1.78. The number of rotatable bonds is 11. The van der Waals surface area contributed by atoms with Gasteiger partial charge in [-0.25, -0.2) is 9.10 Å². The summed E-state index contributed by atoms with van der Waals surface area (Å²) in [5.41, 5.74) is 0. The zero-order valence-electron chi connectivity index (χ0n) is 12.9. The molecule has 1 aliphatic rings. The maximum Gasteiger partial charge on any atom is 0.331 e. The van der Waals surface area contributed by atoms with Crippen LogP contribution >= 0.6 is 11.9 Å². The molecule has 0 aromatic heterocycles. The quantitative estimate of drug-likeness (QED) is 0.425. The highest BCUT2D eigenvalue weighted by molar-refractivity contribution is 7.98. The molecule has 0 unspecified atom stereocenters.